The minimum atomic E-state index is -0.173. The van der Waals surface area contributed by atoms with E-state index in [1.165, 1.54) is 0 Å². The molecule has 1 saturated carbocycles. The first-order valence-electron chi connectivity index (χ1n) is 7.81. The van der Waals surface area contributed by atoms with Crippen molar-refractivity contribution in [3.05, 3.63) is 29.2 Å². The van der Waals surface area contributed by atoms with Crippen molar-refractivity contribution in [1.82, 2.24) is 20.2 Å². The molecule has 0 aromatic carbocycles. The molecule has 0 unspecified atom stereocenters. The first kappa shape index (κ1) is 13.9. The molecule has 1 saturated heterocycles. The van der Waals surface area contributed by atoms with Gasteiger partial charge in [-0.15, -0.1) is 0 Å². The molecule has 2 fully saturated rings. The zero-order valence-corrected chi connectivity index (χ0v) is 12.9. The summed E-state index contributed by atoms with van der Waals surface area (Å²) in [5.74, 6) is 2.78. The van der Waals surface area contributed by atoms with Gasteiger partial charge < -0.3 is 13.8 Å². The van der Waals surface area contributed by atoms with Crippen molar-refractivity contribution in [1.29, 1.82) is 0 Å². The third-order valence-corrected chi connectivity index (χ3v) is 4.07. The van der Waals surface area contributed by atoms with E-state index in [1.807, 2.05) is 13.0 Å². The van der Waals surface area contributed by atoms with Crippen molar-refractivity contribution in [2.75, 3.05) is 13.1 Å². The van der Waals surface area contributed by atoms with Crippen LogP contribution in [0.2, 0.25) is 0 Å². The fourth-order valence-corrected chi connectivity index (χ4v) is 2.90. The average molecular weight is 304 g/mol. The van der Waals surface area contributed by atoms with Crippen LogP contribution in [0.15, 0.2) is 15.1 Å². The van der Waals surface area contributed by atoms with Crippen LogP contribution in [0.1, 0.15) is 55.0 Å². The molecule has 1 aliphatic heterocycles. The van der Waals surface area contributed by atoms with Crippen molar-refractivity contribution in [3.8, 4) is 0 Å². The van der Waals surface area contributed by atoms with Crippen LogP contribution in [0.4, 0.5) is 0 Å². The maximum Gasteiger partial charge on any atom is 0.257 e. The minimum Gasteiger partial charge on any atom is -0.363 e. The average Bonchev–Trinajstić information content (AvgIpc) is 3.06. The van der Waals surface area contributed by atoms with Gasteiger partial charge in [0.25, 0.3) is 5.89 Å². The SMILES string of the molecule is Cc1cc(CN2C[C@@H](C)O[C@@H](c3nc(C4CC4)no3)C2)on1. The van der Waals surface area contributed by atoms with E-state index in [2.05, 4.69) is 27.1 Å². The number of morpholine rings is 1. The quantitative estimate of drug-likeness (QED) is 0.857. The topological polar surface area (TPSA) is 77.4 Å². The van der Waals surface area contributed by atoms with Gasteiger partial charge in [0.15, 0.2) is 11.6 Å². The van der Waals surface area contributed by atoms with Gasteiger partial charge in [0, 0.05) is 25.1 Å². The smallest absolute Gasteiger partial charge is 0.257 e. The number of ether oxygens (including phenoxy) is 1. The van der Waals surface area contributed by atoms with E-state index in [-0.39, 0.29) is 12.2 Å². The Labute approximate surface area is 128 Å². The molecule has 7 nitrogen and oxygen atoms in total. The predicted octanol–water partition coefficient (Wildman–Crippen LogP) is 2.21. The lowest BCUT2D eigenvalue weighted by molar-refractivity contribution is -0.0944. The molecule has 2 aliphatic rings. The Kier molecular flexibility index (Phi) is 3.46. The number of nitrogens with zero attached hydrogens (tertiary/aromatic N) is 4. The molecule has 0 amide bonds. The van der Waals surface area contributed by atoms with Gasteiger partial charge in [-0.05, 0) is 26.7 Å². The molecule has 0 radical (unpaired) electrons. The number of aryl methyl sites for hydroxylation is 1. The number of hydrogen-bond donors (Lipinski definition) is 0. The Morgan fingerprint density at radius 3 is 2.82 bits per heavy atom. The third-order valence-electron chi connectivity index (χ3n) is 4.07. The number of aromatic nitrogens is 3. The van der Waals surface area contributed by atoms with E-state index in [0.29, 0.717) is 18.4 Å². The molecule has 3 heterocycles. The summed E-state index contributed by atoms with van der Waals surface area (Å²) in [6, 6.07) is 1.97. The van der Waals surface area contributed by atoms with Crippen molar-refractivity contribution in [3.63, 3.8) is 0 Å². The van der Waals surface area contributed by atoms with E-state index >= 15 is 0 Å². The Hall–Kier alpha value is -1.73. The molecule has 2 atom stereocenters. The van der Waals surface area contributed by atoms with Crippen LogP contribution in [-0.2, 0) is 11.3 Å². The summed E-state index contributed by atoms with van der Waals surface area (Å²) in [5, 5.41) is 8.01. The highest BCUT2D eigenvalue weighted by Gasteiger charge is 2.34. The Bertz CT molecular complexity index is 649. The normalized spacial score (nSPS) is 26.5. The standard InChI is InChI=1S/C15H20N4O3/c1-9-5-12(21-17-9)7-19-6-10(2)20-13(8-19)15-16-14(18-22-15)11-3-4-11/h5,10-11,13H,3-4,6-8H2,1-2H3/t10-,13-/m1/s1. The van der Waals surface area contributed by atoms with Gasteiger partial charge in [0.1, 0.15) is 6.10 Å². The molecule has 0 spiro atoms. The zero-order chi connectivity index (χ0) is 15.1. The van der Waals surface area contributed by atoms with Crippen molar-refractivity contribution >= 4 is 0 Å². The van der Waals surface area contributed by atoms with E-state index < -0.39 is 0 Å². The first-order chi connectivity index (χ1) is 10.7. The Morgan fingerprint density at radius 2 is 2.09 bits per heavy atom. The number of hydrogen-bond acceptors (Lipinski definition) is 7. The van der Waals surface area contributed by atoms with Gasteiger partial charge >= 0.3 is 0 Å². The second kappa shape index (κ2) is 5.48. The lowest BCUT2D eigenvalue weighted by Gasteiger charge is -2.34. The van der Waals surface area contributed by atoms with Gasteiger partial charge in [0.2, 0.25) is 0 Å². The highest BCUT2D eigenvalue weighted by atomic mass is 16.5. The van der Waals surface area contributed by atoms with Crippen LogP contribution < -0.4 is 0 Å². The summed E-state index contributed by atoms with van der Waals surface area (Å²) in [6.07, 6.45) is 2.27. The molecule has 7 heteroatoms. The fraction of sp³-hybridized carbons (Fsp3) is 0.667. The second-order valence-electron chi connectivity index (χ2n) is 6.33. The Morgan fingerprint density at radius 1 is 1.23 bits per heavy atom. The molecule has 118 valence electrons. The first-order valence-corrected chi connectivity index (χ1v) is 7.81. The highest BCUT2D eigenvalue weighted by Crippen LogP contribution is 2.39. The van der Waals surface area contributed by atoms with Crippen LogP contribution in [0.25, 0.3) is 0 Å². The zero-order valence-electron chi connectivity index (χ0n) is 12.9. The monoisotopic (exact) mass is 304 g/mol. The van der Waals surface area contributed by atoms with Gasteiger partial charge in [-0.1, -0.05) is 10.3 Å². The van der Waals surface area contributed by atoms with Crippen LogP contribution >= 0.6 is 0 Å². The van der Waals surface area contributed by atoms with Gasteiger partial charge in [-0.2, -0.15) is 4.98 Å². The van der Waals surface area contributed by atoms with Crippen LogP contribution in [0, 0.1) is 6.92 Å². The molecule has 4 rings (SSSR count). The summed E-state index contributed by atoms with van der Waals surface area (Å²) in [5.41, 5.74) is 0.902. The minimum absolute atomic E-state index is 0.110. The van der Waals surface area contributed by atoms with E-state index in [9.17, 15) is 0 Å². The van der Waals surface area contributed by atoms with Crippen molar-refractivity contribution in [2.24, 2.45) is 0 Å². The third kappa shape index (κ3) is 2.91. The summed E-state index contributed by atoms with van der Waals surface area (Å²) >= 11 is 0. The van der Waals surface area contributed by atoms with E-state index in [1.54, 1.807) is 0 Å². The molecular weight excluding hydrogens is 284 g/mol. The molecule has 2 aromatic rings. The van der Waals surface area contributed by atoms with Crippen LogP contribution in [0.5, 0.6) is 0 Å². The Balaban J connectivity index is 1.45. The van der Waals surface area contributed by atoms with Gasteiger partial charge in [0.05, 0.1) is 18.3 Å². The maximum atomic E-state index is 5.97. The summed E-state index contributed by atoms with van der Waals surface area (Å²) in [7, 11) is 0. The molecule has 2 aromatic heterocycles. The van der Waals surface area contributed by atoms with E-state index in [4.69, 9.17) is 13.8 Å². The summed E-state index contributed by atoms with van der Waals surface area (Å²) in [6.45, 7) is 6.27. The fourth-order valence-electron chi connectivity index (χ4n) is 2.90. The summed E-state index contributed by atoms with van der Waals surface area (Å²) < 4.78 is 16.7. The maximum absolute atomic E-state index is 5.97. The van der Waals surface area contributed by atoms with Gasteiger partial charge in [-0.25, -0.2) is 0 Å². The van der Waals surface area contributed by atoms with Crippen molar-refractivity contribution in [2.45, 2.75) is 51.4 Å². The van der Waals surface area contributed by atoms with E-state index in [0.717, 1.165) is 43.2 Å². The lowest BCUT2D eigenvalue weighted by Crippen LogP contribution is -2.42. The van der Waals surface area contributed by atoms with Crippen LogP contribution in [0.3, 0.4) is 0 Å². The van der Waals surface area contributed by atoms with Gasteiger partial charge in [-0.3, -0.25) is 4.90 Å². The molecular formula is C15H20N4O3. The van der Waals surface area contributed by atoms with Crippen LogP contribution in [-0.4, -0.2) is 39.4 Å². The van der Waals surface area contributed by atoms with Crippen molar-refractivity contribution < 1.29 is 13.8 Å². The molecule has 0 bridgehead atoms. The predicted molar refractivity (Wildman–Crippen MR) is 76.1 cm³/mol. The largest absolute Gasteiger partial charge is 0.363 e. The molecule has 22 heavy (non-hydrogen) atoms. The lowest BCUT2D eigenvalue weighted by atomic mass is 10.2. The molecule has 1 aliphatic carbocycles. The molecule has 0 N–H and O–H groups in total. The number of rotatable bonds is 4. The highest BCUT2D eigenvalue weighted by molar-refractivity contribution is 5.06. The summed E-state index contributed by atoms with van der Waals surface area (Å²) in [4.78, 5) is 6.79. The second-order valence-corrected chi connectivity index (χ2v) is 6.33.